The lowest BCUT2D eigenvalue weighted by Gasteiger charge is -2.22. The molecule has 0 saturated heterocycles. The van der Waals surface area contributed by atoms with Gasteiger partial charge < -0.3 is 9.52 Å². The number of benzene rings is 1. The number of carboxylic acids is 1. The van der Waals surface area contributed by atoms with E-state index < -0.39 is 5.97 Å². The first-order chi connectivity index (χ1) is 9.04. The maximum atomic E-state index is 11.4. The number of carboxylic acid groups (broad SMARTS) is 1. The zero-order chi connectivity index (χ0) is 14.0. The average molecular weight is 261 g/mol. The van der Waals surface area contributed by atoms with Crippen LogP contribution in [0.15, 0.2) is 28.7 Å². The molecule has 1 atom stereocenters. The summed E-state index contributed by atoms with van der Waals surface area (Å²) in [6, 6.07) is 7.64. The third-order valence-corrected chi connectivity index (χ3v) is 3.62. The molecule has 1 heterocycles. The van der Waals surface area contributed by atoms with Crippen LogP contribution in [0.5, 0.6) is 0 Å². The standard InChI is InChI=1S/C15H19NO3/c1-4-10(2)16(3)9-13-14(15(17)18)11-7-5-6-8-12(11)19-13/h5-8,10H,4,9H2,1-3H3,(H,17,18). The molecule has 1 unspecified atom stereocenters. The van der Waals surface area contributed by atoms with E-state index in [0.717, 1.165) is 6.42 Å². The predicted molar refractivity (Wildman–Crippen MR) is 74.4 cm³/mol. The number of aromatic carboxylic acids is 1. The van der Waals surface area contributed by atoms with Crippen LogP contribution >= 0.6 is 0 Å². The van der Waals surface area contributed by atoms with Crippen molar-refractivity contribution in [3.05, 3.63) is 35.6 Å². The van der Waals surface area contributed by atoms with Gasteiger partial charge in [0, 0.05) is 11.4 Å². The molecule has 102 valence electrons. The minimum absolute atomic E-state index is 0.283. The van der Waals surface area contributed by atoms with Crippen molar-refractivity contribution < 1.29 is 14.3 Å². The number of nitrogens with zero attached hydrogens (tertiary/aromatic N) is 1. The Kier molecular flexibility index (Phi) is 3.90. The van der Waals surface area contributed by atoms with Crippen LogP contribution < -0.4 is 0 Å². The Morgan fingerprint density at radius 2 is 2.11 bits per heavy atom. The Hall–Kier alpha value is -1.81. The highest BCUT2D eigenvalue weighted by molar-refractivity contribution is 6.03. The first kappa shape index (κ1) is 13.6. The van der Waals surface area contributed by atoms with E-state index in [2.05, 4.69) is 18.7 Å². The number of para-hydroxylation sites is 1. The van der Waals surface area contributed by atoms with E-state index in [9.17, 15) is 9.90 Å². The van der Waals surface area contributed by atoms with E-state index in [4.69, 9.17) is 4.42 Å². The van der Waals surface area contributed by atoms with Gasteiger partial charge in [-0.05, 0) is 26.5 Å². The zero-order valence-corrected chi connectivity index (χ0v) is 11.5. The van der Waals surface area contributed by atoms with E-state index in [1.165, 1.54) is 0 Å². The first-order valence-corrected chi connectivity index (χ1v) is 6.48. The van der Waals surface area contributed by atoms with Gasteiger partial charge in [0.25, 0.3) is 0 Å². The lowest BCUT2D eigenvalue weighted by molar-refractivity contribution is 0.0694. The SMILES string of the molecule is CCC(C)N(C)Cc1oc2ccccc2c1C(=O)O. The van der Waals surface area contributed by atoms with Gasteiger partial charge in [-0.3, -0.25) is 4.90 Å². The highest BCUT2D eigenvalue weighted by atomic mass is 16.4. The molecule has 0 radical (unpaired) electrons. The summed E-state index contributed by atoms with van der Waals surface area (Å²) in [5.74, 6) is -0.408. The van der Waals surface area contributed by atoms with Crippen molar-refractivity contribution in [2.75, 3.05) is 7.05 Å². The van der Waals surface area contributed by atoms with Crippen LogP contribution in [-0.2, 0) is 6.54 Å². The van der Waals surface area contributed by atoms with E-state index in [-0.39, 0.29) is 5.56 Å². The van der Waals surface area contributed by atoms with E-state index >= 15 is 0 Å². The molecule has 4 nitrogen and oxygen atoms in total. The smallest absolute Gasteiger partial charge is 0.339 e. The molecule has 2 aromatic rings. The predicted octanol–water partition coefficient (Wildman–Crippen LogP) is 3.36. The molecule has 0 aliphatic rings. The van der Waals surface area contributed by atoms with Gasteiger partial charge in [-0.2, -0.15) is 0 Å². The number of hydrogen-bond acceptors (Lipinski definition) is 3. The normalized spacial score (nSPS) is 13.1. The Labute approximate surface area is 112 Å². The highest BCUT2D eigenvalue weighted by Crippen LogP contribution is 2.27. The quantitative estimate of drug-likeness (QED) is 0.896. The fourth-order valence-electron chi connectivity index (χ4n) is 2.14. The number of furan rings is 1. The van der Waals surface area contributed by atoms with Gasteiger partial charge in [0.2, 0.25) is 0 Å². The third kappa shape index (κ3) is 2.63. The van der Waals surface area contributed by atoms with Crippen molar-refractivity contribution >= 4 is 16.9 Å². The molecule has 19 heavy (non-hydrogen) atoms. The van der Waals surface area contributed by atoms with Crippen molar-refractivity contribution in [2.24, 2.45) is 0 Å². The lowest BCUT2D eigenvalue weighted by Crippen LogP contribution is -2.28. The summed E-state index contributed by atoms with van der Waals surface area (Å²) in [7, 11) is 1.98. The Balaban J connectivity index is 2.42. The summed E-state index contributed by atoms with van der Waals surface area (Å²) in [5, 5.41) is 10.1. The number of hydrogen-bond donors (Lipinski definition) is 1. The van der Waals surface area contributed by atoms with Gasteiger partial charge in [0.15, 0.2) is 0 Å². The van der Waals surface area contributed by atoms with Crippen molar-refractivity contribution in [1.82, 2.24) is 4.90 Å². The second kappa shape index (κ2) is 5.45. The monoisotopic (exact) mass is 261 g/mol. The fraction of sp³-hybridized carbons (Fsp3) is 0.400. The molecule has 1 aromatic carbocycles. The van der Waals surface area contributed by atoms with Crippen LogP contribution in [0.25, 0.3) is 11.0 Å². The molecule has 1 N–H and O–H groups in total. The zero-order valence-electron chi connectivity index (χ0n) is 11.5. The molecule has 0 fully saturated rings. The average Bonchev–Trinajstić information content (AvgIpc) is 2.75. The van der Waals surface area contributed by atoms with Crippen molar-refractivity contribution in [3.63, 3.8) is 0 Å². The van der Waals surface area contributed by atoms with Crippen molar-refractivity contribution in [2.45, 2.75) is 32.9 Å². The molecule has 0 saturated carbocycles. The van der Waals surface area contributed by atoms with E-state index in [0.29, 0.717) is 29.3 Å². The number of carbonyl (C=O) groups is 1. The van der Waals surface area contributed by atoms with Crippen LogP contribution in [0.2, 0.25) is 0 Å². The Bertz CT molecular complexity index is 588. The fourth-order valence-corrected chi connectivity index (χ4v) is 2.14. The van der Waals surface area contributed by atoms with Crippen LogP contribution in [0, 0.1) is 0 Å². The number of fused-ring (bicyclic) bond motifs is 1. The maximum Gasteiger partial charge on any atom is 0.339 e. The third-order valence-electron chi connectivity index (χ3n) is 3.62. The summed E-state index contributed by atoms with van der Waals surface area (Å²) in [5.41, 5.74) is 0.915. The van der Waals surface area contributed by atoms with Gasteiger partial charge >= 0.3 is 5.97 Å². The minimum atomic E-state index is -0.933. The van der Waals surface area contributed by atoms with Gasteiger partial charge in [-0.1, -0.05) is 25.1 Å². The van der Waals surface area contributed by atoms with Crippen molar-refractivity contribution in [1.29, 1.82) is 0 Å². The van der Waals surface area contributed by atoms with Gasteiger partial charge in [-0.25, -0.2) is 4.79 Å². The summed E-state index contributed by atoms with van der Waals surface area (Å²) < 4.78 is 5.70. The summed E-state index contributed by atoms with van der Waals surface area (Å²) >= 11 is 0. The topological polar surface area (TPSA) is 53.7 Å². The maximum absolute atomic E-state index is 11.4. The number of rotatable bonds is 5. The molecule has 0 aliphatic carbocycles. The highest BCUT2D eigenvalue weighted by Gasteiger charge is 2.21. The van der Waals surface area contributed by atoms with E-state index in [1.807, 2.05) is 19.2 Å². The second-order valence-corrected chi connectivity index (χ2v) is 4.87. The summed E-state index contributed by atoms with van der Waals surface area (Å²) in [6.45, 7) is 4.73. The Morgan fingerprint density at radius 1 is 1.42 bits per heavy atom. The summed E-state index contributed by atoms with van der Waals surface area (Å²) in [6.07, 6.45) is 1.01. The van der Waals surface area contributed by atoms with E-state index in [1.54, 1.807) is 12.1 Å². The molecule has 1 aromatic heterocycles. The van der Waals surface area contributed by atoms with Crippen molar-refractivity contribution in [3.8, 4) is 0 Å². The molecule has 0 bridgehead atoms. The molecule has 4 heteroatoms. The van der Waals surface area contributed by atoms with Crippen LogP contribution in [0.4, 0.5) is 0 Å². The van der Waals surface area contributed by atoms with Gasteiger partial charge in [0.1, 0.15) is 16.9 Å². The van der Waals surface area contributed by atoms with Crippen LogP contribution in [0.3, 0.4) is 0 Å². The Morgan fingerprint density at radius 3 is 2.74 bits per heavy atom. The molecular weight excluding hydrogens is 242 g/mol. The lowest BCUT2D eigenvalue weighted by atomic mass is 10.1. The summed E-state index contributed by atoms with van der Waals surface area (Å²) in [4.78, 5) is 13.5. The molecule has 0 spiro atoms. The molecule has 2 rings (SSSR count). The van der Waals surface area contributed by atoms with Gasteiger partial charge in [-0.15, -0.1) is 0 Å². The largest absolute Gasteiger partial charge is 0.478 e. The molecular formula is C15H19NO3. The first-order valence-electron chi connectivity index (χ1n) is 6.48. The second-order valence-electron chi connectivity index (χ2n) is 4.87. The molecule has 0 amide bonds. The minimum Gasteiger partial charge on any atom is -0.478 e. The van der Waals surface area contributed by atoms with Crippen LogP contribution in [-0.4, -0.2) is 29.1 Å². The van der Waals surface area contributed by atoms with Crippen LogP contribution in [0.1, 0.15) is 36.4 Å². The van der Waals surface area contributed by atoms with Gasteiger partial charge in [0.05, 0.1) is 6.54 Å². The molecule has 0 aliphatic heterocycles.